The monoisotopic (exact) mass is 323 g/mol. The number of nitriles is 1. The zero-order valence-corrected chi connectivity index (χ0v) is 13.0. The second-order valence-electron chi connectivity index (χ2n) is 4.78. The van der Waals surface area contributed by atoms with Crippen molar-refractivity contribution in [3.05, 3.63) is 54.2 Å². The number of carbonyl (C=O) groups is 1. The van der Waals surface area contributed by atoms with Gasteiger partial charge < -0.3 is 5.32 Å². The van der Waals surface area contributed by atoms with Crippen molar-refractivity contribution >= 4 is 29.0 Å². The molecule has 0 fully saturated rings. The Bertz CT molecular complexity index is 866. The number of carbonyl (C=O) groups excluding carboxylic acids is 1. The smallest absolute Gasteiger partial charge is 0.234 e. The van der Waals surface area contributed by atoms with E-state index in [0.717, 1.165) is 11.2 Å². The molecule has 1 N–H and O–H groups in total. The number of hydrogen-bond donors (Lipinski definition) is 1. The number of nitrogens with zero attached hydrogens (tertiary/aromatic N) is 4. The molecule has 6 nitrogen and oxygen atoms in total. The van der Waals surface area contributed by atoms with Crippen LogP contribution in [0, 0.1) is 11.3 Å². The van der Waals surface area contributed by atoms with Crippen molar-refractivity contribution in [1.82, 2.24) is 14.6 Å². The topological polar surface area (TPSA) is 83.1 Å². The van der Waals surface area contributed by atoms with Gasteiger partial charge in [0.05, 0.1) is 18.2 Å². The molecule has 0 bridgehead atoms. The van der Waals surface area contributed by atoms with Crippen LogP contribution in [0.4, 0.5) is 5.69 Å². The van der Waals surface area contributed by atoms with Gasteiger partial charge in [-0.1, -0.05) is 30.0 Å². The molecule has 0 aliphatic carbocycles. The molecule has 2 aromatic heterocycles. The lowest BCUT2D eigenvalue weighted by Crippen LogP contribution is -2.14. The molecule has 0 aliphatic rings. The first kappa shape index (κ1) is 15.1. The van der Waals surface area contributed by atoms with Crippen molar-refractivity contribution in [3.63, 3.8) is 0 Å². The Morgan fingerprint density at radius 2 is 2.04 bits per heavy atom. The van der Waals surface area contributed by atoms with E-state index in [2.05, 4.69) is 21.6 Å². The molecule has 1 amide bonds. The zero-order valence-electron chi connectivity index (χ0n) is 12.1. The Balaban J connectivity index is 1.58. The lowest BCUT2D eigenvalue weighted by molar-refractivity contribution is -0.113. The lowest BCUT2D eigenvalue weighted by Gasteiger charge is -2.05. The Morgan fingerprint density at radius 3 is 2.83 bits per heavy atom. The normalized spacial score (nSPS) is 10.4. The van der Waals surface area contributed by atoms with E-state index < -0.39 is 0 Å². The van der Waals surface area contributed by atoms with Gasteiger partial charge in [-0.25, -0.2) is 0 Å². The molecule has 23 heavy (non-hydrogen) atoms. The number of pyridine rings is 1. The summed E-state index contributed by atoms with van der Waals surface area (Å²) in [5.74, 6) is 0.131. The molecular formula is C16H13N5OS. The lowest BCUT2D eigenvalue weighted by atomic mass is 10.1. The highest BCUT2D eigenvalue weighted by atomic mass is 32.2. The van der Waals surface area contributed by atoms with Gasteiger partial charge in [0.1, 0.15) is 0 Å². The van der Waals surface area contributed by atoms with E-state index in [4.69, 9.17) is 5.26 Å². The number of aromatic nitrogens is 3. The quantitative estimate of drug-likeness (QED) is 0.730. The SMILES string of the molecule is N#CCc1ccc(NC(=O)CSc2nnc3ccccn23)cc1. The van der Waals surface area contributed by atoms with E-state index >= 15 is 0 Å². The van der Waals surface area contributed by atoms with Gasteiger partial charge in [0.2, 0.25) is 5.91 Å². The van der Waals surface area contributed by atoms with E-state index in [-0.39, 0.29) is 11.7 Å². The van der Waals surface area contributed by atoms with Crippen molar-refractivity contribution < 1.29 is 4.79 Å². The minimum Gasteiger partial charge on any atom is -0.325 e. The van der Waals surface area contributed by atoms with Gasteiger partial charge in [0.15, 0.2) is 10.8 Å². The average Bonchev–Trinajstić information content (AvgIpc) is 2.98. The molecule has 2 heterocycles. The Morgan fingerprint density at radius 1 is 1.22 bits per heavy atom. The number of fused-ring (bicyclic) bond motifs is 1. The number of nitrogens with one attached hydrogen (secondary N) is 1. The number of amides is 1. The first-order valence-corrected chi connectivity index (χ1v) is 7.93. The molecule has 1 aromatic carbocycles. The van der Waals surface area contributed by atoms with Crippen LogP contribution in [0.1, 0.15) is 5.56 Å². The van der Waals surface area contributed by atoms with Crippen LogP contribution in [-0.2, 0) is 11.2 Å². The minimum atomic E-state index is -0.115. The number of rotatable bonds is 5. The van der Waals surface area contributed by atoms with Gasteiger partial charge in [-0.2, -0.15) is 5.26 Å². The van der Waals surface area contributed by atoms with Crippen LogP contribution < -0.4 is 5.32 Å². The predicted octanol–water partition coefficient (Wildman–Crippen LogP) is 2.53. The fourth-order valence-corrected chi connectivity index (χ4v) is 2.77. The fraction of sp³-hybridized carbons (Fsp3) is 0.125. The molecule has 0 aliphatic heterocycles. The van der Waals surface area contributed by atoms with Gasteiger partial charge in [0, 0.05) is 11.9 Å². The first-order valence-electron chi connectivity index (χ1n) is 6.94. The maximum atomic E-state index is 12.0. The van der Waals surface area contributed by atoms with Crippen LogP contribution in [0.3, 0.4) is 0 Å². The van der Waals surface area contributed by atoms with Crippen LogP contribution in [0.5, 0.6) is 0 Å². The minimum absolute atomic E-state index is 0.115. The maximum Gasteiger partial charge on any atom is 0.234 e. The Hall–Kier alpha value is -2.85. The van der Waals surface area contributed by atoms with Crippen molar-refractivity contribution in [3.8, 4) is 6.07 Å². The summed E-state index contributed by atoms with van der Waals surface area (Å²) in [4.78, 5) is 12.0. The third-order valence-electron chi connectivity index (χ3n) is 3.14. The van der Waals surface area contributed by atoms with Gasteiger partial charge in [0.25, 0.3) is 0 Å². The summed E-state index contributed by atoms with van der Waals surface area (Å²) in [6.07, 6.45) is 2.23. The summed E-state index contributed by atoms with van der Waals surface area (Å²) in [5.41, 5.74) is 2.39. The highest BCUT2D eigenvalue weighted by Gasteiger charge is 2.09. The molecule has 0 spiro atoms. The average molecular weight is 323 g/mol. The highest BCUT2D eigenvalue weighted by molar-refractivity contribution is 7.99. The molecule has 3 aromatic rings. The number of anilines is 1. The maximum absolute atomic E-state index is 12.0. The van der Waals surface area contributed by atoms with E-state index in [9.17, 15) is 4.79 Å². The third-order valence-corrected chi connectivity index (χ3v) is 4.08. The van der Waals surface area contributed by atoms with E-state index in [0.29, 0.717) is 17.3 Å². The van der Waals surface area contributed by atoms with E-state index in [1.807, 2.05) is 40.9 Å². The molecule has 3 rings (SSSR count). The Kier molecular flexibility index (Phi) is 4.54. The molecule has 7 heteroatoms. The fourth-order valence-electron chi connectivity index (χ4n) is 2.04. The van der Waals surface area contributed by atoms with Crippen LogP contribution in [0.25, 0.3) is 5.65 Å². The third kappa shape index (κ3) is 3.67. The van der Waals surface area contributed by atoms with Crippen LogP contribution in [0.2, 0.25) is 0 Å². The highest BCUT2D eigenvalue weighted by Crippen LogP contribution is 2.17. The summed E-state index contributed by atoms with van der Waals surface area (Å²) in [7, 11) is 0. The molecule has 0 saturated carbocycles. The molecule has 0 atom stereocenters. The summed E-state index contributed by atoms with van der Waals surface area (Å²) in [6.45, 7) is 0. The van der Waals surface area contributed by atoms with Crippen molar-refractivity contribution in [2.75, 3.05) is 11.1 Å². The molecular weight excluding hydrogens is 310 g/mol. The second-order valence-corrected chi connectivity index (χ2v) is 5.72. The summed E-state index contributed by atoms with van der Waals surface area (Å²) in [6, 6.07) is 15.0. The molecule has 0 radical (unpaired) electrons. The summed E-state index contributed by atoms with van der Waals surface area (Å²) in [5, 5.41) is 20.3. The van der Waals surface area contributed by atoms with E-state index in [1.165, 1.54) is 11.8 Å². The summed E-state index contributed by atoms with van der Waals surface area (Å²) < 4.78 is 1.84. The molecule has 0 saturated heterocycles. The van der Waals surface area contributed by atoms with Crippen LogP contribution in [-0.4, -0.2) is 26.3 Å². The zero-order chi connectivity index (χ0) is 16.1. The van der Waals surface area contributed by atoms with Gasteiger partial charge in [-0.05, 0) is 29.8 Å². The van der Waals surface area contributed by atoms with Gasteiger partial charge in [-0.3, -0.25) is 9.20 Å². The number of benzene rings is 1. The predicted molar refractivity (Wildman–Crippen MR) is 88.1 cm³/mol. The van der Waals surface area contributed by atoms with Crippen LogP contribution in [0.15, 0.2) is 53.8 Å². The standard InChI is InChI=1S/C16H13N5OS/c17-9-8-12-4-6-13(7-5-12)18-15(22)11-23-16-20-19-14-3-1-2-10-21(14)16/h1-7,10H,8,11H2,(H,18,22). The van der Waals surface area contributed by atoms with Crippen molar-refractivity contribution in [1.29, 1.82) is 5.26 Å². The Labute approximate surface area is 137 Å². The molecule has 0 unspecified atom stereocenters. The van der Waals surface area contributed by atoms with Gasteiger partial charge >= 0.3 is 0 Å². The van der Waals surface area contributed by atoms with Crippen molar-refractivity contribution in [2.24, 2.45) is 0 Å². The van der Waals surface area contributed by atoms with Crippen molar-refractivity contribution in [2.45, 2.75) is 11.6 Å². The summed E-state index contributed by atoms with van der Waals surface area (Å²) >= 11 is 1.33. The van der Waals surface area contributed by atoms with E-state index in [1.54, 1.807) is 12.1 Å². The van der Waals surface area contributed by atoms with Crippen LogP contribution >= 0.6 is 11.8 Å². The number of hydrogen-bond acceptors (Lipinski definition) is 5. The molecule has 114 valence electrons. The number of thioether (sulfide) groups is 1. The van der Waals surface area contributed by atoms with Gasteiger partial charge in [-0.15, -0.1) is 10.2 Å². The first-order chi connectivity index (χ1) is 11.3. The second kappa shape index (κ2) is 6.94. The largest absolute Gasteiger partial charge is 0.325 e.